The van der Waals surface area contributed by atoms with Crippen LogP contribution in [-0.2, 0) is 16.1 Å². The van der Waals surface area contributed by atoms with Crippen molar-refractivity contribution >= 4 is 32.7 Å². The first kappa shape index (κ1) is 13.0. The van der Waals surface area contributed by atoms with Gasteiger partial charge in [-0.15, -0.1) is 0 Å². The van der Waals surface area contributed by atoms with E-state index in [2.05, 4.69) is 0 Å². The zero-order valence-electron chi connectivity index (χ0n) is 11.0. The monoisotopic (exact) mass is 295 g/mol. The maximum atomic E-state index is 11.6. The van der Waals surface area contributed by atoms with E-state index in [1.165, 1.54) is 11.3 Å². The molecule has 3 rings (SSSR count). The van der Waals surface area contributed by atoms with E-state index in [4.69, 9.17) is 19.9 Å². The van der Waals surface area contributed by atoms with Crippen LogP contribution < -0.4 is 19.8 Å². The molecule has 0 saturated heterocycles. The van der Waals surface area contributed by atoms with Crippen LogP contribution in [0.3, 0.4) is 0 Å². The first-order valence-electron chi connectivity index (χ1n) is 6.36. The van der Waals surface area contributed by atoms with Crippen LogP contribution in [0.4, 0.5) is 5.13 Å². The second-order valence-electron chi connectivity index (χ2n) is 4.30. The number of rotatable bonds is 3. The summed E-state index contributed by atoms with van der Waals surface area (Å²) < 4.78 is 18.8. The summed E-state index contributed by atoms with van der Waals surface area (Å²) in [6.45, 7) is 3.30. The fourth-order valence-electron chi connectivity index (χ4n) is 2.14. The SMILES string of the molecule is CCOC(=O)C[n+]1c(N)sc2cc3c(cc21)OCCO3. The van der Waals surface area contributed by atoms with E-state index in [-0.39, 0.29) is 12.5 Å². The van der Waals surface area contributed by atoms with E-state index in [0.717, 1.165) is 10.2 Å². The van der Waals surface area contributed by atoms with E-state index in [0.29, 0.717) is 36.5 Å². The Bertz CT molecular complexity index is 668. The van der Waals surface area contributed by atoms with Crippen molar-refractivity contribution in [3.8, 4) is 11.5 Å². The molecule has 0 atom stereocenters. The molecule has 0 spiro atoms. The van der Waals surface area contributed by atoms with Crippen molar-refractivity contribution in [3.63, 3.8) is 0 Å². The van der Waals surface area contributed by atoms with Crippen LogP contribution in [0.25, 0.3) is 10.2 Å². The highest BCUT2D eigenvalue weighted by atomic mass is 32.1. The summed E-state index contributed by atoms with van der Waals surface area (Å²) in [5.41, 5.74) is 6.84. The Balaban J connectivity index is 2.03. The minimum atomic E-state index is -0.307. The van der Waals surface area contributed by atoms with Gasteiger partial charge in [0.05, 0.1) is 11.3 Å². The number of nitrogens with zero attached hydrogens (tertiary/aromatic N) is 1. The van der Waals surface area contributed by atoms with Gasteiger partial charge in [0.1, 0.15) is 18.7 Å². The molecule has 0 amide bonds. The van der Waals surface area contributed by atoms with Crippen molar-refractivity contribution in [1.82, 2.24) is 0 Å². The molecule has 0 bridgehead atoms. The van der Waals surface area contributed by atoms with Crippen LogP contribution in [0.15, 0.2) is 12.1 Å². The van der Waals surface area contributed by atoms with Crippen LogP contribution in [0, 0.1) is 0 Å². The van der Waals surface area contributed by atoms with Gasteiger partial charge in [-0.1, -0.05) is 0 Å². The number of hydrogen-bond acceptors (Lipinski definition) is 6. The number of carbonyl (C=O) groups is 1. The van der Waals surface area contributed by atoms with E-state index < -0.39 is 0 Å². The molecule has 0 saturated carbocycles. The number of thiazole rings is 1. The normalized spacial score (nSPS) is 13.4. The van der Waals surface area contributed by atoms with Crippen LogP contribution in [0.5, 0.6) is 11.5 Å². The summed E-state index contributed by atoms with van der Waals surface area (Å²) in [5.74, 6) is 1.09. The fourth-order valence-corrected chi connectivity index (χ4v) is 3.08. The predicted octanol–water partition coefficient (Wildman–Crippen LogP) is 1.11. The molecule has 2 heterocycles. The van der Waals surface area contributed by atoms with Crippen LogP contribution in [-0.4, -0.2) is 25.8 Å². The fraction of sp³-hybridized carbons (Fsp3) is 0.385. The van der Waals surface area contributed by atoms with E-state index >= 15 is 0 Å². The van der Waals surface area contributed by atoms with Gasteiger partial charge in [0.25, 0.3) is 0 Å². The van der Waals surface area contributed by atoms with Gasteiger partial charge in [0.15, 0.2) is 18.0 Å². The Morgan fingerprint density at radius 1 is 1.40 bits per heavy atom. The highest BCUT2D eigenvalue weighted by molar-refractivity contribution is 7.21. The summed E-state index contributed by atoms with van der Waals surface area (Å²) in [4.78, 5) is 11.6. The average Bonchev–Trinajstić information content (AvgIpc) is 2.72. The Hall–Kier alpha value is -2.02. The van der Waals surface area contributed by atoms with Gasteiger partial charge in [-0.3, -0.25) is 5.73 Å². The molecule has 0 aliphatic carbocycles. The quantitative estimate of drug-likeness (QED) is 0.678. The van der Waals surface area contributed by atoms with Gasteiger partial charge in [0, 0.05) is 12.1 Å². The topological polar surface area (TPSA) is 74.7 Å². The minimum Gasteiger partial charge on any atom is -0.486 e. The molecule has 2 N–H and O–H groups in total. The minimum absolute atomic E-state index is 0.0965. The number of nitrogens with two attached hydrogens (primary N) is 1. The lowest BCUT2D eigenvalue weighted by Crippen LogP contribution is -2.40. The third kappa shape index (κ3) is 2.24. The largest absolute Gasteiger partial charge is 0.486 e. The molecule has 6 nitrogen and oxygen atoms in total. The number of carbonyl (C=O) groups excluding carboxylic acids is 1. The molecule has 1 aliphatic rings. The molecule has 1 aromatic heterocycles. The lowest BCUT2D eigenvalue weighted by molar-refractivity contribution is -0.641. The smallest absolute Gasteiger partial charge is 0.348 e. The number of benzene rings is 1. The summed E-state index contributed by atoms with van der Waals surface area (Å²) >= 11 is 1.41. The molecule has 2 aromatic rings. The standard InChI is InChI=1S/C13H14N2O4S/c1-2-17-12(16)7-15-8-5-9-10(19-4-3-18-9)6-11(8)20-13(15)14/h5-6,14H,2-4,7H2,1H3/p+1. The Morgan fingerprint density at radius 2 is 2.10 bits per heavy atom. The van der Waals surface area contributed by atoms with Gasteiger partial charge >= 0.3 is 11.1 Å². The molecular weight excluding hydrogens is 280 g/mol. The molecule has 7 heteroatoms. The molecule has 1 aromatic carbocycles. The predicted molar refractivity (Wildman–Crippen MR) is 74.1 cm³/mol. The van der Waals surface area contributed by atoms with E-state index in [1.807, 2.05) is 12.1 Å². The van der Waals surface area contributed by atoms with Crippen LogP contribution in [0.2, 0.25) is 0 Å². The van der Waals surface area contributed by atoms with Crippen LogP contribution >= 0.6 is 11.3 Å². The molecule has 0 fully saturated rings. The summed E-state index contributed by atoms with van der Waals surface area (Å²) in [6, 6.07) is 3.75. The average molecular weight is 295 g/mol. The number of fused-ring (bicyclic) bond motifs is 2. The summed E-state index contributed by atoms with van der Waals surface area (Å²) in [5, 5.41) is 0.551. The van der Waals surface area contributed by atoms with Crippen molar-refractivity contribution in [2.75, 3.05) is 25.6 Å². The highest BCUT2D eigenvalue weighted by Gasteiger charge is 2.22. The second-order valence-corrected chi connectivity index (χ2v) is 5.36. The zero-order chi connectivity index (χ0) is 14.1. The summed E-state index contributed by atoms with van der Waals surface area (Å²) in [7, 11) is 0. The molecule has 20 heavy (non-hydrogen) atoms. The van der Waals surface area contributed by atoms with Crippen molar-refractivity contribution < 1.29 is 23.6 Å². The third-order valence-electron chi connectivity index (χ3n) is 2.99. The number of anilines is 1. The first-order chi connectivity index (χ1) is 9.69. The third-order valence-corrected chi connectivity index (χ3v) is 3.96. The van der Waals surface area contributed by atoms with Crippen molar-refractivity contribution in [2.45, 2.75) is 13.5 Å². The molecule has 1 aliphatic heterocycles. The number of nitrogen functional groups attached to an aromatic ring is 1. The summed E-state index contributed by atoms with van der Waals surface area (Å²) in [6.07, 6.45) is 0. The van der Waals surface area contributed by atoms with Gasteiger partial charge in [-0.05, 0) is 18.3 Å². The lowest BCUT2D eigenvalue weighted by atomic mass is 10.2. The molecule has 0 radical (unpaired) electrons. The number of esters is 1. The zero-order valence-corrected chi connectivity index (χ0v) is 11.9. The first-order valence-corrected chi connectivity index (χ1v) is 7.17. The molecule has 0 unspecified atom stereocenters. The van der Waals surface area contributed by atoms with Crippen molar-refractivity contribution in [1.29, 1.82) is 0 Å². The maximum Gasteiger partial charge on any atom is 0.348 e. The number of hydrogen-bond donors (Lipinski definition) is 1. The Morgan fingerprint density at radius 3 is 2.80 bits per heavy atom. The molecular formula is C13H15N2O4S+. The van der Waals surface area contributed by atoms with Crippen molar-refractivity contribution in [2.24, 2.45) is 0 Å². The lowest BCUT2D eigenvalue weighted by Gasteiger charge is -2.17. The van der Waals surface area contributed by atoms with Crippen LogP contribution in [0.1, 0.15) is 6.92 Å². The molecule has 106 valence electrons. The second kappa shape index (κ2) is 5.16. The number of ether oxygens (including phenoxy) is 3. The maximum absolute atomic E-state index is 11.6. The number of aromatic nitrogens is 1. The van der Waals surface area contributed by atoms with Crippen molar-refractivity contribution in [3.05, 3.63) is 12.1 Å². The van der Waals surface area contributed by atoms with E-state index in [9.17, 15) is 4.79 Å². The Kier molecular flexibility index (Phi) is 3.35. The van der Waals surface area contributed by atoms with E-state index in [1.54, 1.807) is 11.5 Å². The van der Waals surface area contributed by atoms with Gasteiger partial charge in [0.2, 0.25) is 0 Å². The van der Waals surface area contributed by atoms with Gasteiger partial charge in [-0.25, -0.2) is 9.36 Å². The van der Waals surface area contributed by atoms with Gasteiger partial charge < -0.3 is 14.2 Å². The highest BCUT2D eigenvalue weighted by Crippen LogP contribution is 2.36. The van der Waals surface area contributed by atoms with Gasteiger partial charge in [-0.2, -0.15) is 0 Å². The Labute approximate surface area is 119 Å².